The Kier molecular flexibility index (Phi) is 3.00. The minimum absolute atomic E-state index is 0.182. The highest BCUT2D eigenvalue weighted by atomic mass is 16.3. The molecule has 0 saturated carbocycles. The molecule has 2 nitrogen and oxygen atoms in total. The van der Waals surface area contributed by atoms with Crippen molar-refractivity contribution in [2.45, 2.75) is 39.7 Å². The third-order valence-electron chi connectivity index (χ3n) is 3.24. The average Bonchev–Trinajstić information content (AvgIpc) is 2.55. The molecular formula is C15H21NO. The number of furan rings is 1. The van der Waals surface area contributed by atoms with Gasteiger partial charge < -0.3 is 9.73 Å². The van der Waals surface area contributed by atoms with Gasteiger partial charge in [-0.15, -0.1) is 0 Å². The summed E-state index contributed by atoms with van der Waals surface area (Å²) in [6, 6.07) is 6.50. The fraction of sp³-hybridized carbons (Fsp3) is 0.467. The lowest BCUT2D eigenvalue weighted by atomic mass is 9.86. The Morgan fingerprint density at radius 3 is 2.53 bits per heavy atom. The molecule has 92 valence electrons. The van der Waals surface area contributed by atoms with Gasteiger partial charge in [-0.05, 0) is 42.6 Å². The molecule has 2 heteroatoms. The maximum atomic E-state index is 5.84. The first kappa shape index (κ1) is 12.2. The fourth-order valence-electron chi connectivity index (χ4n) is 2.07. The fourth-order valence-corrected chi connectivity index (χ4v) is 2.07. The first-order valence-corrected chi connectivity index (χ1v) is 6.10. The van der Waals surface area contributed by atoms with Gasteiger partial charge in [-0.2, -0.15) is 0 Å². The zero-order chi connectivity index (χ0) is 12.6. The van der Waals surface area contributed by atoms with E-state index >= 15 is 0 Å². The van der Waals surface area contributed by atoms with Crippen molar-refractivity contribution in [3.05, 3.63) is 35.1 Å². The third-order valence-corrected chi connectivity index (χ3v) is 3.24. The smallest absolute Gasteiger partial charge is 0.134 e. The molecule has 1 N–H and O–H groups in total. The number of benzene rings is 1. The topological polar surface area (TPSA) is 25.2 Å². The van der Waals surface area contributed by atoms with E-state index in [2.05, 4.69) is 51.2 Å². The highest BCUT2D eigenvalue weighted by Gasteiger charge is 2.16. The van der Waals surface area contributed by atoms with Crippen molar-refractivity contribution in [1.82, 2.24) is 5.32 Å². The number of hydrogen-bond donors (Lipinski definition) is 1. The molecule has 0 bridgehead atoms. The molecule has 0 spiro atoms. The van der Waals surface area contributed by atoms with Gasteiger partial charge in [-0.1, -0.05) is 26.8 Å². The van der Waals surface area contributed by atoms with E-state index in [1.54, 1.807) is 0 Å². The molecule has 17 heavy (non-hydrogen) atoms. The summed E-state index contributed by atoms with van der Waals surface area (Å²) in [5.74, 6) is 1.04. The van der Waals surface area contributed by atoms with Gasteiger partial charge in [-0.3, -0.25) is 0 Å². The van der Waals surface area contributed by atoms with Gasteiger partial charge in [-0.25, -0.2) is 0 Å². The first-order valence-electron chi connectivity index (χ1n) is 6.10. The van der Waals surface area contributed by atoms with Crippen LogP contribution >= 0.6 is 0 Å². The maximum absolute atomic E-state index is 5.84. The van der Waals surface area contributed by atoms with Crippen molar-refractivity contribution in [3.8, 4) is 0 Å². The lowest BCUT2D eigenvalue weighted by Gasteiger charge is -2.18. The molecule has 0 fully saturated rings. The second-order valence-corrected chi connectivity index (χ2v) is 5.64. The van der Waals surface area contributed by atoms with Crippen molar-refractivity contribution >= 4 is 11.0 Å². The molecule has 1 heterocycles. The highest BCUT2D eigenvalue weighted by molar-refractivity contribution is 5.83. The summed E-state index contributed by atoms with van der Waals surface area (Å²) in [7, 11) is 1.94. The Hall–Kier alpha value is -1.28. The van der Waals surface area contributed by atoms with Crippen LogP contribution in [0.15, 0.2) is 22.6 Å². The molecule has 0 aliphatic rings. The largest absolute Gasteiger partial charge is 0.459 e. The van der Waals surface area contributed by atoms with Gasteiger partial charge in [0.05, 0.1) is 6.54 Å². The number of hydrogen-bond acceptors (Lipinski definition) is 2. The molecule has 2 aromatic rings. The van der Waals surface area contributed by atoms with Crippen LogP contribution in [0.5, 0.6) is 0 Å². The van der Waals surface area contributed by atoms with E-state index in [0.29, 0.717) is 0 Å². The number of aryl methyl sites for hydroxylation is 1. The molecule has 0 radical (unpaired) electrons. The minimum Gasteiger partial charge on any atom is -0.459 e. The Balaban J connectivity index is 2.57. The third kappa shape index (κ3) is 2.22. The summed E-state index contributed by atoms with van der Waals surface area (Å²) in [5.41, 5.74) is 3.77. The van der Waals surface area contributed by atoms with Crippen LogP contribution in [-0.4, -0.2) is 7.05 Å². The molecule has 0 unspecified atom stereocenters. The zero-order valence-corrected chi connectivity index (χ0v) is 11.3. The van der Waals surface area contributed by atoms with Gasteiger partial charge in [0.15, 0.2) is 0 Å². The average molecular weight is 231 g/mol. The van der Waals surface area contributed by atoms with Crippen LogP contribution in [-0.2, 0) is 12.0 Å². The monoisotopic (exact) mass is 231 g/mol. The Morgan fingerprint density at radius 1 is 1.24 bits per heavy atom. The van der Waals surface area contributed by atoms with Crippen molar-refractivity contribution in [3.63, 3.8) is 0 Å². The van der Waals surface area contributed by atoms with E-state index in [4.69, 9.17) is 4.42 Å². The van der Waals surface area contributed by atoms with E-state index in [9.17, 15) is 0 Å². The Labute approximate surface area is 103 Å². The predicted molar refractivity (Wildman–Crippen MR) is 72.4 cm³/mol. The maximum Gasteiger partial charge on any atom is 0.134 e. The number of fused-ring (bicyclic) bond motifs is 1. The second-order valence-electron chi connectivity index (χ2n) is 5.64. The number of nitrogens with one attached hydrogen (secondary N) is 1. The molecule has 0 amide bonds. The van der Waals surface area contributed by atoms with E-state index in [-0.39, 0.29) is 5.41 Å². The summed E-state index contributed by atoms with van der Waals surface area (Å²) in [4.78, 5) is 0. The van der Waals surface area contributed by atoms with Crippen LogP contribution in [0.1, 0.15) is 37.7 Å². The molecular weight excluding hydrogens is 210 g/mol. The van der Waals surface area contributed by atoms with Crippen LogP contribution in [0.25, 0.3) is 11.0 Å². The van der Waals surface area contributed by atoms with Crippen LogP contribution in [0, 0.1) is 6.92 Å². The van der Waals surface area contributed by atoms with E-state index in [0.717, 1.165) is 17.9 Å². The zero-order valence-electron chi connectivity index (χ0n) is 11.3. The van der Waals surface area contributed by atoms with Crippen molar-refractivity contribution in [2.24, 2.45) is 0 Å². The van der Waals surface area contributed by atoms with Gasteiger partial charge in [0.1, 0.15) is 11.3 Å². The molecule has 2 rings (SSSR count). The van der Waals surface area contributed by atoms with Gasteiger partial charge in [0.25, 0.3) is 0 Å². The molecule has 0 atom stereocenters. The molecule has 0 saturated heterocycles. The van der Waals surface area contributed by atoms with E-state index in [1.165, 1.54) is 16.5 Å². The molecule has 0 aliphatic carbocycles. The van der Waals surface area contributed by atoms with Gasteiger partial charge in [0, 0.05) is 5.39 Å². The van der Waals surface area contributed by atoms with Crippen LogP contribution < -0.4 is 5.32 Å². The number of rotatable bonds is 2. The summed E-state index contributed by atoms with van der Waals surface area (Å²) >= 11 is 0. The standard InChI is InChI=1S/C15H21NO/c1-10-12-8-11(15(2,3)4)6-7-13(12)17-14(10)9-16-5/h6-8,16H,9H2,1-5H3. The van der Waals surface area contributed by atoms with Crippen molar-refractivity contribution < 1.29 is 4.42 Å². The second kappa shape index (κ2) is 4.19. The molecule has 0 aliphatic heterocycles. The van der Waals surface area contributed by atoms with E-state index in [1.807, 2.05) is 7.05 Å². The summed E-state index contributed by atoms with van der Waals surface area (Å²) in [6.07, 6.45) is 0. The van der Waals surface area contributed by atoms with Gasteiger partial charge in [0.2, 0.25) is 0 Å². The van der Waals surface area contributed by atoms with Crippen molar-refractivity contribution in [2.75, 3.05) is 7.05 Å². The SMILES string of the molecule is CNCc1oc2ccc(C(C)(C)C)cc2c1C. The quantitative estimate of drug-likeness (QED) is 0.851. The summed E-state index contributed by atoms with van der Waals surface area (Å²) in [5, 5.41) is 4.38. The van der Waals surface area contributed by atoms with E-state index < -0.39 is 0 Å². The predicted octanol–water partition coefficient (Wildman–Crippen LogP) is 3.76. The Bertz CT molecular complexity index is 532. The first-order chi connectivity index (χ1) is 7.93. The Morgan fingerprint density at radius 2 is 1.94 bits per heavy atom. The van der Waals surface area contributed by atoms with Crippen LogP contribution in [0.4, 0.5) is 0 Å². The normalized spacial score (nSPS) is 12.3. The lowest BCUT2D eigenvalue weighted by Crippen LogP contribution is -2.10. The van der Waals surface area contributed by atoms with Crippen LogP contribution in [0.3, 0.4) is 0 Å². The molecule has 1 aromatic heterocycles. The highest BCUT2D eigenvalue weighted by Crippen LogP contribution is 2.30. The van der Waals surface area contributed by atoms with Crippen LogP contribution in [0.2, 0.25) is 0 Å². The summed E-state index contributed by atoms with van der Waals surface area (Å²) < 4.78 is 5.84. The minimum atomic E-state index is 0.182. The van der Waals surface area contributed by atoms with Crippen molar-refractivity contribution in [1.29, 1.82) is 0 Å². The lowest BCUT2D eigenvalue weighted by molar-refractivity contribution is 0.526. The molecule has 1 aromatic carbocycles. The summed E-state index contributed by atoms with van der Waals surface area (Å²) in [6.45, 7) is 9.62. The van der Waals surface area contributed by atoms with Gasteiger partial charge >= 0.3 is 0 Å².